The van der Waals surface area contributed by atoms with Crippen molar-refractivity contribution >= 4 is 28.9 Å². The maximum atomic E-state index is 12.5. The molecule has 0 aliphatic rings. The third-order valence-corrected chi connectivity index (χ3v) is 3.97. The minimum Gasteiger partial charge on any atom is -0.462 e. The van der Waals surface area contributed by atoms with Gasteiger partial charge in [0.15, 0.2) is 0 Å². The lowest BCUT2D eigenvalue weighted by atomic mass is 10.1. The molecule has 0 saturated carbocycles. The largest absolute Gasteiger partial charge is 0.462 e. The highest BCUT2D eigenvalue weighted by molar-refractivity contribution is 6.07. The van der Waals surface area contributed by atoms with Crippen molar-refractivity contribution < 1.29 is 14.3 Å². The van der Waals surface area contributed by atoms with Crippen molar-refractivity contribution in [2.24, 2.45) is 0 Å². The Kier molecular flexibility index (Phi) is 6.18. The Morgan fingerprint density at radius 3 is 2.41 bits per heavy atom. The predicted molar refractivity (Wildman–Crippen MR) is 109 cm³/mol. The second-order valence-corrected chi connectivity index (χ2v) is 5.97. The Morgan fingerprint density at radius 1 is 1.03 bits per heavy atom. The van der Waals surface area contributed by atoms with E-state index in [0.29, 0.717) is 16.9 Å². The number of pyridine rings is 1. The zero-order valence-corrected chi connectivity index (χ0v) is 15.7. The number of rotatable bonds is 6. The number of hydrogen-bond donors (Lipinski definition) is 2. The third-order valence-electron chi connectivity index (χ3n) is 3.97. The zero-order valence-electron chi connectivity index (χ0n) is 15.7. The van der Waals surface area contributed by atoms with E-state index in [9.17, 15) is 9.59 Å². The van der Waals surface area contributed by atoms with Crippen LogP contribution in [0, 0.1) is 11.3 Å². The molecule has 0 fully saturated rings. The first-order chi connectivity index (χ1) is 14.1. The van der Waals surface area contributed by atoms with Crippen molar-refractivity contribution in [3.05, 3.63) is 83.7 Å². The highest BCUT2D eigenvalue weighted by Gasteiger charge is 2.15. The summed E-state index contributed by atoms with van der Waals surface area (Å²) < 4.78 is 5.01. The number of para-hydroxylation sites is 1. The number of benzene rings is 2. The number of nitrogens with one attached hydrogen (secondary N) is 2. The molecule has 0 bridgehead atoms. The predicted octanol–water partition coefficient (Wildman–Crippen LogP) is 4.13. The summed E-state index contributed by atoms with van der Waals surface area (Å²) in [6.45, 7) is 1.97. The van der Waals surface area contributed by atoms with Gasteiger partial charge in [-0.15, -0.1) is 0 Å². The second kappa shape index (κ2) is 9.15. The van der Waals surface area contributed by atoms with Crippen LogP contribution in [-0.4, -0.2) is 23.5 Å². The topological polar surface area (TPSA) is 104 Å². The molecule has 2 N–H and O–H groups in total. The average molecular weight is 386 g/mol. The maximum absolute atomic E-state index is 12.5. The van der Waals surface area contributed by atoms with E-state index in [-0.39, 0.29) is 17.9 Å². The fraction of sp³-hybridized carbons (Fsp3) is 0.0909. The highest BCUT2D eigenvalue weighted by atomic mass is 16.5. The van der Waals surface area contributed by atoms with Gasteiger partial charge in [0.05, 0.1) is 41.4 Å². The maximum Gasteiger partial charge on any atom is 0.340 e. The molecule has 2 aromatic carbocycles. The minimum absolute atomic E-state index is 0.203. The summed E-state index contributed by atoms with van der Waals surface area (Å²) in [7, 11) is 0. The van der Waals surface area contributed by atoms with Crippen molar-refractivity contribution in [1.29, 1.82) is 5.26 Å². The van der Waals surface area contributed by atoms with Crippen LogP contribution in [0.25, 0.3) is 0 Å². The SMILES string of the molecule is CCOC(=O)c1ccccc1NC(=O)c1ccc(Nc2ccc(C#N)cc2)cn1. The van der Waals surface area contributed by atoms with E-state index in [0.717, 1.165) is 5.69 Å². The molecule has 7 nitrogen and oxygen atoms in total. The normalized spacial score (nSPS) is 9.93. The molecule has 29 heavy (non-hydrogen) atoms. The van der Waals surface area contributed by atoms with E-state index in [1.54, 1.807) is 67.6 Å². The molecule has 1 aromatic heterocycles. The molecule has 0 radical (unpaired) electrons. The monoisotopic (exact) mass is 386 g/mol. The van der Waals surface area contributed by atoms with Crippen LogP contribution in [0.15, 0.2) is 66.9 Å². The number of hydrogen-bond acceptors (Lipinski definition) is 6. The molecule has 0 spiro atoms. The van der Waals surface area contributed by atoms with Gasteiger partial charge in [0, 0.05) is 5.69 Å². The molecule has 3 rings (SSSR count). The number of nitriles is 1. The Balaban J connectivity index is 1.69. The van der Waals surface area contributed by atoms with Gasteiger partial charge >= 0.3 is 5.97 Å². The Morgan fingerprint density at radius 2 is 1.76 bits per heavy atom. The number of esters is 1. The smallest absolute Gasteiger partial charge is 0.340 e. The summed E-state index contributed by atoms with van der Waals surface area (Å²) >= 11 is 0. The van der Waals surface area contributed by atoms with Gasteiger partial charge in [-0.2, -0.15) is 5.26 Å². The fourth-order valence-electron chi connectivity index (χ4n) is 2.56. The van der Waals surface area contributed by atoms with Crippen LogP contribution in [0.4, 0.5) is 17.1 Å². The standard InChI is InChI=1S/C22H18N4O3/c1-2-29-22(28)18-5-3-4-6-19(18)26-21(27)20-12-11-17(14-24-20)25-16-9-7-15(13-23)8-10-16/h3-12,14,25H,2H2,1H3,(H,26,27). The molecule has 7 heteroatoms. The molecule has 0 atom stereocenters. The van der Waals surface area contributed by atoms with E-state index in [2.05, 4.69) is 21.7 Å². The van der Waals surface area contributed by atoms with Crippen LogP contribution in [0.2, 0.25) is 0 Å². The fourth-order valence-corrected chi connectivity index (χ4v) is 2.56. The first-order valence-corrected chi connectivity index (χ1v) is 8.91. The van der Waals surface area contributed by atoms with Crippen LogP contribution in [0.3, 0.4) is 0 Å². The van der Waals surface area contributed by atoms with Gasteiger partial charge in [-0.3, -0.25) is 4.79 Å². The summed E-state index contributed by atoms with van der Waals surface area (Å²) in [5, 5.41) is 14.7. The minimum atomic E-state index is -0.502. The van der Waals surface area contributed by atoms with E-state index in [1.165, 1.54) is 6.20 Å². The Labute approximate surface area is 168 Å². The van der Waals surface area contributed by atoms with Gasteiger partial charge in [-0.05, 0) is 55.5 Å². The van der Waals surface area contributed by atoms with E-state index >= 15 is 0 Å². The van der Waals surface area contributed by atoms with Gasteiger partial charge in [-0.25, -0.2) is 9.78 Å². The molecule has 0 aliphatic carbocycles. The second-order valence-electron chi connectivity index (χ2n) is 5.97. The molecular formula is C22H18N4O3. The number of anilines is 3. The lowest BCUT2D eigenvalue weighted by Gasteiger charge is -2.10. The summed E-state index contributed by atoms with van der Waals surface area (Å²) in [5.74, 6) is -0.940. The third kappa shape index (κ3) is 4.96. The molecule has 0 unspecified atom stereocenters. The first-order valence-electron chi connectivity index (χ1n) is 8.91. The van der Waals surface area contributed by atoms with Crippen LogP contribution in [-0.2, 0) is 4.74 Å². The first kappa shape index (κ1) is 19.6. The summed E-state index contributed by atoms with van der Waals surface area (Å²) in [6, 6.07) is 19.0. The van der Waals surface area contributed by atoms with Crippen LogP contribution >= 0.6 is 0 Å². The van der Waals surface area contributed by atoms with Crippen molar-refractivity contribution in [2.45, 2.75) is 6.92 Å². The van der Waals surface area contributed by atoms with Gasteiger partial charge in [-0.1, -0.05) is 12.1 Å². The van der Waals surface area contributed by atoms with Crippen molar-refractivity contribution in [1.82, 2.24) is 4.98 Å². The number of amides is 1. The zero-order chi connectivity index (χ0) is 20.6. The van der Waals surface area contributed by atoms with Gasteiger partial charge in [0.2, 0.25) is 0 Å². The number of ether oxygens (including phenoxy) is 1. The summed E-state index contributed by atoms with van der Waals surface area (Å²) in [5.41, 5.74) is 2.90. The summed E-state index contributed by atoms with van der Waals surface area (Å²) in [6.07, 6.45) is 1.53. The Bertz CT molecular complexity index is 1050. The van der Waals surface area contributed by atoms with E-state index in [1.807, 2.05) is 0 Å². The summed E-state index contributed by atoms with van der Waals surface area (Å²) in [4.78, 5) is 28.7. The number of carbonyl (C=O) groups excluding carboxylic acids is 2. The molecule has 1 heterocycles. The van der Waals surface area contributed by atoms with Crippen molar-refractivity contribution in [3.63, 3.8) is 0 Å². The van der Waals surface area contributed by atoms with Crippen LogP contribution in [0.1, 0.15) is 33.3 Å². The molecule has 144 valence electrons. The molecule has 0 aliphatic heterocycles. The quantitative estimate of drug-likeness (QED) is 0.618. The van der Waals surface area contributed by atoms with Gasteiger partial charge in [0.25, 0.3) is 5.91 Å². The molecular weight excluding hydrogens is 368 g/mol. The Hall–Kier alpha value is -4.18. The van der Waals surface area contributed by atoms with Gasteiger partial charge in [0.1, 0.15) is 5.69 Å². The van der Waals surface area contributed by atoms with Crippen LogP contribution in [0.5, 0.6) is 0 Å². The number of carbonyl (C=O) groups is 2. The van der Waals surface area contributed by atoms with Crippen molar-refractivity contribution in [2.75, 3.05) is 17.2 Å². The molecule has 3 aromatic rings. The lowest BCUT2D eigenvalue weighted by Crippen LogP contribution is -2.17. The lowest BCUT2D eigenvalue weighted by molar-refractivity contribution is 0.0527. The number of nitrogens with zero attached hydrogens (tertiary/aromatic N) is 2. The number of aromatic nitrogens is 1. The average Bonchev–Trinajstić information content (AvgIpc) is 2.75. The van der Waals surface area contributed by atoms with E-state index < -0.39 is 11.9 Å². The van der Waals surface area contributed by atoms with Crippen molar-refractivity contribution in [3.8, 4) is 6.07 Å². The van der Waals surface area contributed by atoms with E-state index in [4.69, 9.17) is 10.00 Å². The molecule has 1 amide bonds. The van der Waals surface area contributed by atoms with Crippen LogP contribution < -0.4 is 10.6 Å². The highest BCUT2D eigenvalue weighted by Crippen LogP contribution is 2.19. The molecule has 0 saturated heterocycles. The van der Waals surface area contributed by atoms with Gasteiger partial charge < -0.3 is 15.4 Å².